The second-order valence-corrected chi connectivity index (χ2v) is 1.90. The van der Waals surface area contributed by atoms with E-state index in [2.05, 4.69) is 11.3 Å². The minimum atomic E-state index is -6.03. The van der Waals surface area contributed by atoms with Crippen molar-refractivity contribution in [3.05, 3.63) is 12.6 Å². The first kappa shape index (κ1) is 12.0. The van der Waals surface area contributed by atoms with E-state index in [-0.39, 0.29) is 0 Å². The van der Waals surface area contributed by atoms with E-state index >= 15 is 0 Å². The quantitative estimate of drug-likeness (QED) is 0.516. The standard InChI is InChI=1S/C5H3F7O/c1-2(6)13-4(9,3(7)8)5(10,11)12/h3H,1H2. The van der Waals surface area contributed by atoms with E-state index in [1.807, 2.05) is 0 Å². The zero-order valence-corrected chi connectivity index (χ0v) is 5.84. The van der Waals surface area contributed by atoms with E-state index in [1.165, 1.54) is 0 Å². The highest BCUT2D eigenvalue weighted by atomic mass is 19.4. The number of rotatable bonds is 3. The molecular weight excluding hydrogens is 209 g/mol. The van der Waals surface area contributed by atoms with Crippen LogP contribution in [0.15, 0.2) is 12.6 Å². The summed E-state index contributed by atoms with van der Waals surface area (Å²) in [6.07, 6.45) is -10.6. The Hall–Kier alpha value is -0.950. The number of halogens is 7. The van der Waals surface area contributed by atoms with E-state index in [4.69, 9.17) is 0 Å². The highest BCUT2D eigenvalue weighted by molar-refractivity contribution is 4.85. The average Bonchev–Trinajstić information content (AvgIpc) is 1.82. The number of hydrogen-bond acceptors (Lipinski definition) is 1. The lowest BCUT2D eigenvalue weighted by Crippen LogP contribution is -2.49. The predicted molar refractivity (Wildman–Crippen MR) is 27.2 cm³/mol. The molecule has 0 spiro atoms. The van der Waals surface area contributed by atoms with Crippen LogP contribution in [0.25, 0.3) is 0 Å². The van der Waals surface area contributed by atoms with Gasteiger partial charge in [-0.05, 0) is 6.58 Å². The highest BCUT2D eigenvalue weighted by Crippen LogP contribution is 2.41. The molecule has 0 N–H and O–H groups in total. The minimum absolute atomic E-state index is 2.07. The third-order valence-electron chi connectivity index (χ3n) is 0.926. The van der Waals surface area contributed by atoms with Crippen LogP contribution in [0.2, 0.25) is 0 Å². The van der Waals surface area contributed by atoms with Gasteiger partial charge < -0.3 is 4.74 Å². The molecule has 0 aromatic carbocycles. The molecule has 1 atom stereocenters. The van der Waals surface area contributed by atoms with Gasteiger partial charge in [-0.2, -0.15) is 22.0 Å². The molecule has 0 aliphatic heterocycles. The van der Waals surface area contributed by atoms with Gasteiger partial charge in [-0.1, -0.05) is 0 Å². The van der Waals surface area contributed by atoms with E-state index < -0.39 is 24.5 Å². The van der Waals surface area contributed by atoms with Gasteiger partial charge in [0.2, 0.25) is 0 Å². The summed E-state index contributed by atoms with van der Waals surface area (Å²) in [5.74, 6) is -5.35. The molecule has 0 bridgehead atoms. The van der Waals surface area contributed by atoms with Gasteiger partial charge in [-0.3, -0.25) is 0 Å². The first-order valence-corrected chi connectivity index (χ1v) is 2.68. The van der Waals surface area contributed by atoms with Crippen molar-refractivity contribution in [2.75, 3.05) is 0 Å². The van der Waals surface area contributed by atoms with Crippen LogP contribution in [0.5, 0.6) is 0 Å². The lowest BCUT2D eigenvalue weighted by molar-refractivity contribution is -0.362. The number of ether oxygens (including phenoxy) is 1. The third-order valence-corrected chi connectivity index (χ3v) is 0.926. The molecule has 8 heteroatoms. The monoisotopic (exact) mass is 212 g/mol. The van der Waals surface area contributed by atoms with Gasteiger partial charge in [0, 0.05) is 0 Å². The molecule has 0 heterocycles. The van der Waals surface area contributed by atoms with Crippen LogP contribution in [0.1, 0.15) is 0 Å². The second-order valence-electron chi connectivity index (χ2n) is 1.90. The first-order valence-electron chi connectivity index (χ1n) is 2.68. The van der Waals surface area contributed by atoms with Gasteiger partial charge in [0.1, 0.15) is 0 Å². The molecule has 0 saturated carbocycles. The van der Waals surface area contributed by atoms with Gasteiger partial charge in [0.05, 0.1) is 0 Å². The van der Waals surface area contributed by atoms with Crippen molar-refractivity contribution < 1.29 is 35.5 Å². The molecule has 13 heavy (non-hydrogen) atoms. The number of hydrogen-bond donors (Lipinski definition) is 0. The second kappa shape index (κ2) is 3.43. The Labute approximate surface area is 67.8 Å². The van der Waals surface area contributed by atoms with Crippen LogP contribution in [0.3, 0.4) is 0 Å². The van der Waals surface area contributed by atoms with Crippen LogP contribution in [0, 0.1) is 0 Å². The lowest BCUT2D eigenvalue weighted by atomic mass is 10.3. The number of alkyl halides is 6. The topological polar surface area (TPSA) is 9.23 Å². The zero-order chi connectivity index (χ0) is 10.9. The van der Waals surface area contributed by atoms with Crippen LogP contribution in [-0.4, -0.2) is 18.5 Å². The summed E-state index contributed by atoms with van der Waals surface area (Å²) in [5, 5.41) is 0. The lowest BCUT2D eigenvalue weighted by Gasteiger charge is -2.25. The van der Waals surface area contributed by atoms with Gasteiger partial charge >= 0.3 is 18.5 Å². The van der Waals surface area contributed by atoms with Crippen molar-refractivity contribution in [2.24, 2.45) is 0 Å². The average molecular weight is 212 g/mol. The largest absolute Gasteiger partial charge is 0.466 e. The maximum absolute atomic E-state index is 12.3. The summed E-state index contributed by atoms with van der Waals surface area (Å²) >= 11 is 0. The summed E-state index contributed by atoms with van der Waals surface area (Å²) in [5.41, 5.74) is 0. The maximum atomic E-state index is 12.3. The molecule has 0 aliphatic carbocycles. The Morgan fingerprint density at radius 2 is 1.54 bits per heavy atom. The van der Waals surface area contributed by atoms with Crippen molar-refractivity contribution in [1.82, 2.24) is 0 Å². The predicted octanol–water partition coefficient (Wildman–Crippen LogP) is 2.94. The molecule has 78 valence electrons. The first-order chi connectivity index (χ1) is 5.61. The Bertz CT molecular complexity index is 198. The van der Waals surface area contributed by atoms with Crippen molar-refractivity contribution >= 4 is 0 Å². The fraction of sp³-hybridized carbons (Fsp3) is 0.600. The molecule has 0 rings (SSSR count). The normalized spacial score (nSPS) is 16.9. The van der Waals surface area contributed by atoms with Crippen LogP contribution < -0.4 is 0 Å². The molecule has 0 radical (unpaired) electrons. The van der Waals surface area contributed by atoms with E-state index in [0.29, 0.717) is 0 Å². The van der Waals surface area contributed by atoms with Crippen LogP contribution in [0.4, 0.5) is 30.7 Å². The Kier molecular flexibility index (Phi) is 3.18. The van der Waals surface area contributed by atoms with E-state index in [1.54, 1.807) is 0 Å². The van der Waals surface area contributed by atoms with Crippen molar-refractivity contribution in [3.63, 3.8) is 0 Å². The van der Waals surface area contributed by atoms with Crippen molar-refractivity contribution in [2.45, 2.75) is 18.5 Å². The van der Waals surface area contributed by atoms with E-state index in [0.717, 1.165) is 0 Å². The maximum Gasteiger partial charge on any atom is 0.466 e. The Balaban J connectivity index is 4.85. The molecule has 0 aromatic rings. The summed E-state index contributed by atoms with van der Waals surface area (Å²) in [4.78, 5) is 0. The Morgan fingerprint density at radius 1 is 1.15 bits per heavy atom. The molecule has 0 aromatic heterocycles. The molecule has 0 aliphatic rings. The third kappa shape index (κ3) is 2.49. The molecule has 1 nitrogen and oxygen atoms in total. The van der Waals surface area contributed by atoms with Gasteiger partial charge in [0.15, 0.2) is 0 Å². The fourth-order valence-corrected chi connectivity index (χ4v) is 0.387. The molecule has 1 unspecified atom stereocenters. The summed E-state index contributed by atoms with van der Waals surface area (Å²) in [6.45, 7) is 2.07. The minimum Gasteiger partial charge on any atom is -0.421 e. The fourth-order valence-electron chi connectivity index (χ4n) is 0.387. The summed E-state index contributed by atoms with van der Waals surface area (Å²) in [7, 11) is 0. The van der Waals surface area contributed by atoms with Crippen molar-refractivity contribution in [3.8, 4) is 0 Å². The molecule has 0 amide bonds. The smallest absolute Gasteiger partial charge is 0.421 e. The molecular formula is C5H3F7O. The van der Waals surface area contributed by atoms with E-state index in [9.17, 15) is 30.7 Å². The van der Waals surface area contributed by atoms with Crippen LogP contribution >= 0.6 is 0 Å². The van der Waals surface area contributed by atoms with Crippen molar-refractivity contribution in [1.29, 1.82) is 0 Å². The van der Waals surface area contributed by atoms with Gasteiger partial charge in [0.25, 0.3) is 6.01 Å². The molecule has 0 fully saturated rings. The zero-order valence-electron chi connectivity index (χ0n) is 5.84. The van der Waals surface area contributed by atoms with Gasteiger partial charge in [-0.25, -0.2) is 8.78 Å². The summed E-state index contributed by atoms with van der Waals surface area (Å²) < 4.78 is 84.1. The van der Waals surface area contributed by atoms with Crippen LogP contribution in [-0.2, 0) is 4.74 Å². The summed E-state index contributed by atoms with van der Waals surface area (Å²) in [6, 6.07) is -2.28. The highest BCUT2D eigenvalue weighted by Gasteiger charge is 2.66. The SMILES string of the molecule is C=C(F)OC(F)(C(F)F)C(F)(F)F. The Morgan fingerprint density at radius 3 is 1.62 bits per heavy atom. The van der Waals surface area contributed by atoms with Gasteiger partial charge in [-0.15, -0.1) is 0 Å². The molecule has 0 saturated heterocycles.